The molecule has 3 N–H and O–H groups in total. The molecule has 2 unspecified atom stereocenters. The lowest BCUT2D eigenvalue weighted by molar-refractivity contribution is -0.159. The Hall–Kier alpha value is -2.32. The minimum absolute atomic E-state index is 0.0941. The van der Waals surface area contributed by atoms with E-state index in [-0.39, 0.29) is 5.55 Å². The zero-order chi connectivity index (χ0) is 17.9. The summed E-state index contributed by atoms with van der Waals surface area (Å²) in [6, 6.07) is 7.29. The van der Waals surface area contributed by atoms with Gasteiger partial charge in [-0.15, -0.1) is 11.8 Å². The van der Waals surface area contributed by atoms with Crippen LogP contribution in [-0.4, -0.2) is 26.2 Å². The molecule has 2 aliphatic heterocycles. The molecule has 25 heavy (non-hydrogen) atoms. The van der Waals surface area contributed by atoms with Gasteiger partial charge in [-0.05, 0) is 11.6 Å². The third kappa shape index (κ3) is 1.95. The molecular formula is C17H16N2O5S. The molecule has 2 bridgehead atoms. The average molecular weight is 360 g/mol. The largest absolute Gasteiger partial charge is 0.469 e. The Labute approximate surface area is 147 Å². The van der Waals surface area contributed by atoms with Crippen molar-refractivity contribution >= 4 is 34.7 Å². The number of hydrogen-bond donors (Lipinski definition) is 2. The second kappa shape index (κ2) is 5.34. The number of nitrogens with two attached hydrogens (primary N) is 1. The Morgan fingerprint density at radius 1 is 1.24 bits per heavy atom. The van der Waals surface area contributed by atoms with Gasteiger partial charge in [0.15, 0.2) is 0 Å². The molecule has 0 aliphatic carbocycles. The number of thioether (sulfide) groups is 1. The fraction of sp³-hybridized carbons (Fsp3) is 0.353. The van der Waals surface area contributed by atoms with Crippen molar-refractivity contribution in [1.82, 2.24) is 0 Å². The molecular weight excluding hydrogens is 344 g/mol. The van der Waals surface area contributed by atoms with Crippen molar-refractivity contribution in [3.63, 3.8) is 0 Å². The van der Waals surface area contributed by atoms with E-state index >= 15 is 0 Å². The summed E-state index contributed by atoms with van der Waals surface area (Å²) < 4.78 is 15.4. The van der Waals surface area contributed by atoms with Crippen LogP contribution < -0.4 is 11.3 Å². The summed E-state index contributed by atoms with van der Waals surface area (Å²) in [5.74, 6) is -2.81. The summed E-state index contributed by atoms with van der Waals surface area (Å²) in [5.41, 5.74) is 8.26. The molecule has 3 heterocycles. The van der Waals surface area contributed by atoms with Crippen LogP contribution in [0.4, 0.5) is 0 Å². The normalized spacial score (nSPS) is 29.5. The van der Waals surface area contributed by atoms with Crippen LogP contribution in [0.5, 0.6) is 0 Å². The molecule has 0 radical (unpaired) electrons. The van der Waals surface area contributed by atoms with E-state index in [0.29, 0.717) is 11.1 Å². The Balaban J connectivity index is 2.05. The molecule has 1 aromatic heterocycles. The number of nitrogens with one attached hydrogen (secondary N) is 1. The average Bonchev–Trinajstić information content (AvgIpc) is 3.09. The first-order valence-corrected chi connectivity index (χ1v) is 8.55. The smallest absolute Gasteiger partial charge is 0.312 e. The molecule has 2 aliphatic rings. The van der Waals surface area contributed by atoms with Crippen LogP contribution in [-0.2, 0) is 23.9 Å². The van der Waals surface area contributed by atoms with E-state index in [2.05, 4.69) is 0 Å². The second-order valence-corrected chi connectivity index (χ2v) is 7.52. The molecule has 4 atom stereocenters. The molecule has 4 rings (SSSR count). The highest BCUT2D eigenvalue weighted by Gasteiger charge is 2.67. The predicted octanol–water partition coefficient (Wildman–Crippen LogP) is 1.40. The number of esters is 2. The molecule has 2 aromatic rings. The summed E-state index contributed by atoms with van der Waals surface area (Å²) in [6.07, 6.45) is 0. The van der Waals surface area contributed by atoms with E-state index in [4.69, 9.17) is 25.0 Å². The monoisotopic (exact) mass is 360 g/mol. The van der Waals surface area contributed by atoms with Gasteiger partial charge >= 0.3 is 11.9 Å². The lowest BCUT2D eigenvalue weighted by atomic mass is 9.72. The fourth-order valence-corrected chi connectivity index (χ4v) is 5.88. The van der Waals surface area contributed by atoms with Gasteiger partial charge in [0, 0.05) is 10.6 Å². The van der Waals surface area contributed by atoms with Crippen LogP contribution in [0, 0.1) is 17.2 Å². The molecule has 1 aromatic carbocycles. The number of carbonyl (C=O) groups excluding carboxylic acids is 2. The molecule has 1 saturated heterocycles. The van der Waals surface area contributed by atoms with Crippen LogP contribution in [0.3, 0.4) is 0 Å². The first-order valence-electron chi connectivity index (χ1n) is 7.67. The van der Waals surface area contributed by atoms with Crippen LogP contribution in [0.15, 0.2) is 28.7 Å². The van der Waals surface area contributed by atoms with E-state index < -0.39 is 33.9 Å². The van der Waals surface area contributed by atoms with Crippen LogP contribution in [0.1, 0.15) is 16.4 Å². The summed E-state index contributed by atoms with van der Waals surface area (Å²) >= 11 is 1.29. The van der Waals surface area contributed by atoms with Gasteiger partial charge in [0.2, 0.25) is 5.55 Å². The lowest BCUT2D eigenvalue weighted by Gasteiger charge is -2.33. The Bertz CT molecular complexity index is 971. The number of methoxy groups -OCH3 is 2. The second-order valence-electron chi connectivity index (χ2n) is 6.10. The molecule has 7 nitrogen and oxygen atoms in total. The van der Waals surface area contributed by atoms with Crippen LogP contribution in [0.2, 0.25) is 0 Å². The van der Waals surface area contributed by atoms with Crippen molar-refractivity contribution in [2.75, 3.05) is 14.2 Å². The maximum absolute atomic E-state index is 12.4. The first kappa shape index (κ1) is 16.2. The van der Waals surface area contributed by atoms with Crippen molar-refractivity contribution in [2.45, 2.75) is 10.1 Å². The molecule has 8 heteroatoms. The van der Waals surface area contributed by atoms with E-state index in [0.717, 1.165) is 10.9 Å². The zero-order valence-corrected chi connectivity index (χ0v) is 14.4. The maximum Gasteiger partial charge on any atom is 0.312 e. The van der Waals surface area contributed by atoms with Crippen LogP contribution >= 0.6 is 11.8 Å². The standard InChI is InChI=1S/C17H16N2O5S/c1-22-15(20)10-12(16(21)23-2)17(19)11-9(13(10)25-17)7-5-3-4-6-8(7)24-14(11)18/h3-6,10,12-13,18H,19H2,1-2H3/t10?,12?,13-,17+/m1/s1. The summed E-state index contributed by atoms with van der Waals surface area (Å²) in [4.78, 5) is 23.6. The van der Waals surface area contributed by atoms with E-state index in [9.17, 15) is 9.59 Å². The van der Waals surface area contributed by atoms with E-state index in [1.165, 1.54) is 26.0 Å². The molecule has 0 amide bonds. The zero-order valence-electron chi connectivity index (χ0n) is 13.6. The topological polar surface area (TPSA) is 116 Å². The number of rotatable bonds is 2. The van der Waals surface area contributed by atoms with Gasteiger partial charge in [-0.3, -0.25) is 15.0 Å². The minimum Gasteiger partial charge on any atom is -0.469 e. The Kier molecular flexibility index (Phi) is 3.45. The maximum atomic E-state index is 12.4. The van der Waals surface area contributed by atoms with Gasteiger partial charge in [0.25, 0.3) is 0 Å². The fourth-order valence-electron chi connectivity index (χ4n) is 3.98. The van der Waals surface area contributed by atoms with Crippen LogP contribution in [0.25, 0.3) is 11.0 Å². The van der Waals surface area contributed by atoms with E-state index in [1.54, 1.807) is 6.07 Å². The van der Waals surface area contributed by atoms with Crippen molar-refractivity contribution in [2.24, 2.45) is 17.6 Å². The van der Waals surface area contributed by atoms with Gasteiger partial charge in [-0.1, -0.05) is 18.2 Å². The van der Waals surface area contributed by atoms with Crippen molar-refractivity contribution in [3.8, 4) is 0 Å². The predicted molar refractivity (Wildman–Crippen MR) is 89.3 cm³/mol. The Morgan fingerprint density at radius 2 is 1.92 bits per heavy atom. The van der Waals surface area contributed by atoms with Gasteiger partial charge in [0.05, 0.1) is 25.7 Å². The molecule has 1 fully saturated rings. The van der Waals surface area contributed by atoms with Gasteiger partial charge in [-0.25, -0.2) is 0 Å². The quantitative estimate of drug-likeness (QED) is 0.778. The lowest BCUT2D eigenvalue weighted by Crippen LogP contribution is -2.50. The summed E-state index contributed by atoms with van der Waals surface area (Å²) in [5, 5.41) is 8.68. The molecule has 0 saturated carbocycles. The summed E-state index contributed by atoms with van der Waals surface area (Å²) in [7, 11) is 2.54. The number of para-hydroxylation sites is 1. The van der Waals surface area contributed by atoms with Gasteiger partial charge in [-0.2, -0.15) is 0 Å². The van der Waals surface area contributed by atoms with Crippen molar-refractivity contribution < 1.29 is 23.5 Å². The third-order valence-electron chi connectivity index (χ3n) is 4.96. The number of hydrogen-bond acceptors (Lipinski definition) is 8. The van der Waals surface area contributed by atoms with Crippen molar-refractivity contribution in [3.05, 3.63) is 40.9 Å². The number of carbonyl (C=O) groups is 2. The number of fused-ring (bicyclic) bond motifs is 7. The highest BCUT2D eigenvalue weighted by Crippen LogP contribution is 2.68. The third-order valence-corrected chi connectivity index (χ3v) is 6.59. The number of benzene rings is 1. The highest BCUT2D eigenvalue weighted by atomic mass is 32.2. The SMILES string of the molecule is COC(=O)C1C(C(=O)OC)[C@@]2(N)S[C@@H]1c1c2c(=N)oc2ccccc12. The van der Waals surface area contributed by atoms with Gasteiger partial charge in [0.1, 0.15) is 16.4 Å². The minimum atomic E-state index is -1.27. The summed E-state index contributed by atoms with van der Waals surface area (Å²) in [6.45, 7) is 0. The van der Waals surface area contributed by atoms with Crippen molar-refractivity contribution in [1.29, 1.82) is 5.41 Å². The first-order chi connectivity index (χ1) is 11.9. The highest BCUT2D eigenvalue weighted by molar-refractivity contribution is 8.01. The molecule has 130 valence electrons. The molecule has 0 spiro atoms. The van der Waals surface area contributed by atoms with Gasteiger partial charge < -0.3 is 19.6 Å². The Morgan fingerprint density at radius 3 is 2.60 bits per heavy atom. The van der Waals surface area contributed by atoms with E-state index in [1.807, 2.05) is 18.2 Å². The number of ether oxygens (including phenoxy) is 2.